The van der Waals surface area contributed by atoms with Gasteiger partial charge in [-0.25, -0.2) is 4.98 Å². The van der Waals surface area contributed by atoms with Crippen LogP contribution in [-0.2, 0) is 6.61 Å². The average Bonchev–Trinajstić information content (AvgIpc) is 2.80. The van der Waals surface area contributed by atoms with Crippen molar-refractivity contribution in [1.29, 1.82) is 0 Å². The number of carbonyl (C=O) groups is 1. The molecule has 0 aliphatic heterocycles. The molecule has 1 saturated carbocycles. The highest BCUT2D eigenvalue weighted by Gasteiger charge is 2.16. The lowest BCUT2D eigenvalue weighted by molar-refractivity contribution is 0.102. The molecule has 1 amide bonds. The Hall–Kier alpha value is -3.21. The van der Waals surface area contributed by atoms with Gasteiger partial charge in [-0.3, -0.25) is 9.78 Å². The van der Waals surface area contributed by atoms with E-state index < -0.39 is 0 Å². The van der Waals surface area contributed by atoms with E-state index in [0.717, 1.165) is 5.56 Å². The SMILES string of the molecule is O=C(Nc1ncccc1OCc1ccncc1)c1ccc(C2CCCCC2)cc1. The Morgan fingerprint density at radius 2 is 1.72 bits per heavy atom. The predicted octanol–water partition coefficient (Wildman–Crippen LogP) is 5.36. The van der Waals surface area contributed by atoms with Crippen molar-refractivity contribution in [2.45, 2.75) is 44.6 Å². The van der Waals surface area contributed by atoms with Gasteiger partial charge >= 0.3 is 0 Å². The summed E-state index contributed by atoms with van der Waals surface area (Å²) in [5, 5.41) is 2.87. The van der Waals surface area contributed by atoms with Crippen LogP contribution in [0.5, 0.6) is 5.75 Å². The molecule has 0 unspecified atom stereocenters. The van der Waals surface area contributed by atoms with E-state index in [2.05, 4.69) is 27.4 Å². The number of anilines is 1. The second kappa shape index (κ2) is 9.32. The number of carbonyl (C=O) groups excluding carboxylic acids is 1. The van der Waals surface area contributed by atoms with Gasteiger partial charge in [-0.1, -0.05) is 31.4 Å². The second-order valence-corrected chi connectivity index (χ2v) is 7.41. The number of nitrogens with zero attached hydrogens (tertiary/aromatic N) is 2. The molecule has 0 spiro atoms. The van der Waals surface area contributed by atoms with Crippen molar-refractivity contribution in [2.75, 3.05) is 5.32 Å². The van der Waals surface area contributed by atoms with Gasteiger partial charge in [0.2, 0.25) is 0 Å². The molecule has 1 fully saturated rings. The minimum absolute atomic E-state index is 0.187. The number of aromatic nitrogens is 2. The molecule has 4 rings (SSSR count). The van der Waals surface area contributed by atoms with E-state index in [1.165, 1.54) is 37.7 Å². The zero-order valence-electron chi connectivity index (χ0n) is 16.4. The van der Waals surface area contributed by atoms with Crippen LogP contribution in [0.15, 0.2) is 67.1 Å². The molecule has 1 aliphatic carbocycles. The molecule has 0 atom stereocenters. The monoisotopic (exact) mass is 387 g/mol. The lowest BCUT2D eigenvalue weighted by Gasteiger charge is -2.22. The minimum atomic E-state index is -0.187. The van der Waals surface area contributed by atoms with Gasteiger partial charge in [0.1, 0.15) is 6.61 Å². The second-order valence-electron chi connectivity index (χ2n) is 7.41. The fourth-order valence-corrected chi connectivity index (χ4v) is 3.76. The summed E-state index contributed by atoms with van der Waals surface area (Å²) >= 11 is 0. The Bertz CT molecular complexity index is 936. The maximum absolute atomic E-state index is 12.7. The summed E-state index contributed by atoms with van der Waals surface area (Å²) in [5.41, 5.74) is 2.95. The number of amides is 1. The first-order valence-electron chi connectivity index (χ1n) is 10.2. The van der Waals surface area contributed by atoms with Crippen molar-refractivity contribution in [1.82, 2.24) is 9.97 Å². The number of benzene rings is 1. The van der Waals surface area contributed by atoms with Crippen molar-refractivity contribution in [3.05, 3.63) is 83.8 Å². The molecule has 0 radical (unpaired) electrons. The van der Waals surface area contributed by atoms with Crippen LogP contribution in [0.4, 0.5) is 5.82 Å². The number of nitrogens with one attached hydrogen (secondary N) is 1. The Labute approximate surface area is 171 Å². The Morgan fingerprint density at radius 3 is 2.48 bits per heavy atom. The molecule has 1 aromatic carbocycles. The van der Waals surface area contributed by atoms with Gasteiger partial charge in [-0.15, -0.1) is 0 Å². The zero-order chi connectivity index (χ0) is 19.9. The van der Waals surface area contributed by atoms with Crippen LogP contribution in [0.25, 0.3) is 0 Å². The van der Waals surface area contributed by atoms with Crippen molar-refractivity contribution >= 4 is 11.7 Å². The van der Waals surface area contributed by atoms with Gasteiger partial charge in [-0.05, 0) is 66.3 Å². The molecular formula is C24H25N3O2. The Morgan fingerprint density at radius 1 is 0.966 bits per heavy atom. The smallest absolute Gasteiger partial charge is 0.256 e. The van der Waals surface area contributed by atoms with Crippen LogP contribution in [0, 0.1) is 0 Å². The third kappa shape index (κ3) is 4.99. The molecule has 148 valence electrons. The molecule has 1 N–H and O–H groups in total. The van der Waals surface area contributed by atoms with Gasteiger partial charge in [0.25, 0.3) is 5.91 Å². The number of ether oxygens (including phenoxy) is 1. The van der Waals surface area contributed by atoms with Crippen LogP contribution in [0.2, 0.25) is 0 Å². The Balaban J connectivity index is 1.41. The number of rotatable bonds is 6. The van der Waals surface area contributed by atoms with E-state index in [4.69, 9.17) is 4.74 Å². The van der Waals surface area contributed by atoms with Crippen LogP contribution >= 0.6 is 0 Å². The van der Waals surface area contributed by atoms with Gasteiger partial charge in [0, 0.05) is 24.2 Å². The molecule has 2 aromatic heterocycles. The van der Waals surface area contributed by atoms with E-state index in [1.807, 2.05) is 24.3 Å². The summed E-state index contributed by atoms with van der Waals surface area (Å²) in [6.07, 6.45) is 11.5. The van der Waals surface area contributed by atoms with Crippen LogP contribution in [0.3, 0.4) is 0 Å². The molecule has 2 heterocycles. The molecule has 1 aliphatic rings. The topological polar surface area (TPSA) is 64.1 Å². The van der Waals surface area contributed by atoms with E-state index >= 15 is 0 Å². The summed E-state index contributed by atoms with van der Waals surface area (Å²) in [6.45, 7) is 0.382. The van der Waals surface area contributed by atoms with Gasteiger partial charge in [-0.2, -0.15) is 0 Å². The molecule has 0 bridgehead atoms. The van der Waals surface area contributed by atoms with Gasteiger partial charge in [0.05, 0.1) is 0 Å². The van der Waals surface area contributed by atoms with Crippen LogP contribution in [-0.4, -0.2) is 15.9 Å². The summed E-state index contributed by atoms with van der Waals surface area (Å²) < 4.78 is 5.85. The number of hydrogen-bond donors (Lipinski definition) is 1. The van der Waals surface area contributed by atoms with E-state index in [0.29, 0.717) is 29.7 Å². The van der Waals surface area contributed by atoms with E-state index in [9.17, 15) is 4.79 Å². The van der Waals surface area contributed by atoms with E-state index in [-0.39, 0.29) is 5.91 Å². The summed E-state index contributed by atoms with van der Waals surface area (Å²) in [5.74, 6) is 1.40. The van der Waals surface area contributed by atoms with Gasteiger partial charge in [0.15, 0.2) is 11.6 Å². The molecule has 3 aromatic rings. The third-order valence-corrected chi connectivity index (χ3v) is 5.40. The highest BCUT2D eigenvalue weighted by molar-refractivity contribution is 6.04. The first-order chi connectivity index (χ1) is 14.3. The molecule has 5 heteroatoms. The fourth-order valence-electron chi connectivity index (χ4n) is 3.76. The van der Waals surface area contributed by atoms with Crippen LogP contribution < -0.4 is 10.1 Å². The molecular weight excluding hydrogens is 362 g/mol. The highest BCUT2D eigenvalue weighted by Crippen LogP contribution is 2.32. The third-order valence-electron chi connectivity index (χ3n) is 5.40. The molecule has 5 nitrogen and oxygen atoms in total. The summed E-state index contributed by atoms with van der Waals surface area (Å²) in [7, 11) is 0. The number of hydrogen-bond acceptors (Lipinski definition) is 4. The predicted molar refractivity (Wildman–Crippen MR) is 113 cm³/mol. The average molecular weight is 387 g/mol. The first-order valence-corrected chi connectivity index (χ1v) is 10.2. The fraction of sp³-hybridized carbons (Fsp3) is 0.292. The van der Waals surface area contributed by atoms with Crippen molar-refractivity contribution in [2.24, 2.45) is 0 Å². The normalized spacial score (nSPS) is 14.3. The minimum Gasteiger partial charge on any atom is -0.485 e. The highest BCUT2D eigenvalue weighted by atomic mass is 16.5. The quantitative estimate of drug-likeness (QED) is 0.619. The van der Waals surface area contributed by atoms with Crippen LogP contribution in [0.1, 0.15) is 59.5 Å². The van der Waals surface area contributed by atoms with Crippen molar-refractivity contribution in [3.8, 4) is 5.75 Å². The standard InChI is InChI=1S/C24H25N3O2/c28-24(21-10-8-20(9-11-21)19-5-2-1-3-6-19)27-23-22(7-4-14-26-23)29-17-18-12-15-25-16-13-18/h4,7-16,19H,1-3,5-6,17H2,(H,26,27,28). The first kappa shape index (κ1) is 19.1. The summed E-state index contributed by atoms with van der Waals surface area (Å²) in [4.78, 5) is 21.0. The number of pyridine rings is 2. The van der Waals surface area contributed by atoms with E-state index in [1.54, 1.807) is 30.7 Å². The maximum Gasteiger partial charge on any atom is 0.256 e. The van der Waals surface area contributed by atoms with Gasteiger partial charge < -0.3 is 10.1 Å². The zero-order valence-corrected chi connectivity index (χ0v) is 16.4. The molecule has 29 heavy (non-hydrogen) atoms. The van der Waals surface area contributed by atoms with Crippen molar-refractivity contribution < 1.29 is 9.53 Å². The summed E-state index contributed by atoms with van der Waals surface area (Å²) in [6, 6.07) is 15.4. The molecule has 0 saturated heterocycles. The maximum atomic E-state index is 12.7. The lowest BCUT2D eigenvalue weighted by atomic mass is 9.84. The lowest BCUT2D eigenvalue weighted by Crippen LogP contribution is -2.14. The van der Waals surface area contributed by atoms with Crippen molar-refractivity contribution in [3.63, 3.8) is 0 Å². The Kier molecular flexibility index (Phi) is 6.15. The largest absolute Gasteiger partial charge is 0.485 e.